The van der Waals surface area contributed by atoms with E-state index in [9.17, 15) is 4.79 Å². The molecule has 100 valence electrons. The van der Waals surface area contributed by atoms with Gasteiger partial charge in [-0.05, 0) is 38.6 Å². The molecule has 1 saturated heterocycles. The molecule has 2 heterocycles. The van der Waals surface area contributed by atoms with Crippen LogP contribution in [0.2, 0.25) is 0 Å². The molecule has 0 saturated carbocycles. The highest BCUT2D eigenvalue weighted by Gasteiger charge is 2.21. The van der Waals surface area contributed by atoms with Crippen LogP contribution in [-0.4, -0.2) is 42.0 Å². The number of aromatic nitrogens is 1. The number of fused-ring (bicyclic) bond motifs is 1. The molecule has 1 aliphatic heterocycles. The third kappa shape index (κ3) is 2.49. The molecule has 1 aromatic carbocycles. The minimum absolute atomic E-state index is 0.0171. The zero-order valence-electron chi connectivity index (χ0n) is 11.1. The molecule has 4 heteroatoms. The van der Waals surface area contributed by atoms with E-state index in [1.807, 2.05) is 30.3 Å². The summed E-state index contributed by atoms with van der Waals surface area (Å²) in [5, 5.41) is 4.10. The number of para-hydroxylation sites is 1. The van der Waals surface area contributed by atoms with Gasteiger partial charge in [0.05, 0.1) is 0 Å². The predicted octanol–water partition coefficient (Wildman–Crippen LogP) is 1.99. The van der Waals surface area contributed by atoms with Crippen LogP contribution < -0.4 is 5.32 Å². The molecular weight excluding hydrogens is 238 g/mol. The van der Waals surface area contributed by atoms with Gasteiger partial charge in [0.15, 0.2) is 0 Å². The molecule has 0 aliphatic carbocycles. The summed E-state index contributed by atoms with van der Waals surface area (Å²) >= 11 is 0. The first-order chi connectivity index (χ1) is 9.24. The van der Waals surface area contributed by atoms with Gasteiger partial charge >= 0.3 is 0 Å². The van der Waals surface area contributed by atoms with Crippen LogP contribution in [0, 0.1) is 0 Å². The van der Waals surface area contributed by atoms with Gasteiger partial charge in [0.2, 0.25) is 0 Å². The van der Waals surface area contributed by atoms with Crippen molar-refractivity contribution in [2.75, 3.05) is 20.1 Å². The van der Waals surface area contributed by atoms with Crippen LogP contribution in [0.1, 0.15) is 23.3 Å². The molecule has 0 radical (unpaired) electrons. The van der Waals surface area contributed by atoms with Crippen molar-refractivity contribution in [3.63, 3.8) is 0 Å². The van der Waals surface area contributed by atoms with Crippen LogP contribution in [0.4, 0.5) is 0 Å². The Balaban J connectivity index is 1.66. The zero-order chi connectivity index (χ0) is 13.2. The van der Waals surface area contributed by atoms with Crippen LogP contribution in [0.3, 0.4) is 0 Å². The van der Waals surface area contributed by atoms with Crippen LogP contribution in [0.5, 0.6) is 0 Å². The number of H-pyrrole nitrogens is 1. The maximum absolute atomic E-state index is 12.1. The lowest BCUT2D eigenvalue weighted by atomic mass is 10.2. The summed E-state index contributed by atoms with van der Waals surface area (Å²) in [4.78, 5) is 17.6. The van der Waals surface area contributed by atoms with Crippen LogP contribution >= 0.6 is 0 Å². The molecule has 4 nitrogen and oxygen atoms in total. The number of likely N-dealkylation sites (N-methyl/N-ethyl adjacent to an activating group) is 1. The summed E-state index contributed by atoms with van der Waals surface area (Å²) in [6.45, 7) is 1.86. The van der Waals surface area contributed by atoms with Crippen molar-refractivity contribution < 1.29 is 4.79 Å². The number of nitrogens with zero attached hydrogens (tertiary/aromatic N) is 1. The lowest BCUT2D eigenvalue weighted by Crippen LogP contribution is -2.38. The van der Waals surface area contributed by atoms with Gasteiger partial charge in [-0.25, -0.2) is 0 Å². The molecule has 1 atom stereocenters. The Labute approximate surface area is 112 Å². The van der Waals surface area contributed by atoms with Gasteiger partial charge in [-0.2, -0.15) is 0 Å². The lowest BCUT2D eigenvalue weighted by Gasteiger charge is -2.19. The second-order valence-corrected chi connectivity index (χ2v) is 5.26. The molecule has 1 amide bonds. The topological polar surface area (TPSA) is 48.1 Å². The Kier molecular flexibility index (Phi) is 3.25. The van der Waals surface area contributed by atoms with Crippen molar-refractivity contribution >= 4 is 16.8 Å². The number of aromatic amines is 1. The number of benzene rings is 1. The van der Waals surface area contributed by atoms with Gasteiger partial charge in [-0.15, -0.1) is 0 Å². The number of hydrogen-bond donors (Lipinski definition) is 2. The highest BCUT2D eigenvalue weighted by molar-refractivity contribution is 5.97. The van der Waals surface area contributed by atoms with Crippen molar-refractivity contribution in [1.82, 2.24) is 15.2 Å². The first kappa shape index (κ1) is 12.2. The van der Waals surface area contributed by atoms with Gasteiger partial charge in [-0.3, -0.25) is 4.79 Å². The van der Waals surface area contributed by atoms with E-state index >= 15 is 0 Å². The molecule has 0 bridgehead atoms. The highest BCUT2D eigenvalue weighted by atomic mass is 16.1. The number of hydrogen-bond acceptors (Lipinski definition) is 2. The maximum atomic E-state index is 12.1. The fraction of sp³-hybridized carbons (Fsp3) is 0.400. The molecular formula is C15H19N3O. The van der Waals surface area contributed by atoms with Crippen LogP contribution in [0.25, 0.3) is 10.9 Å². The van der Waals surface area contributed by atoms with Gasteiger partial charge in [0.25, 0.3) is 5.91 Å². The molecule has 19 heavy (non-hydrogen) atoms. The molecule has 0 spiro atoms. The van der Waals surface area contributed by atoms with Gasteiger partial charge < -0.3 is 15.2 Å². The van der Waals surface area contributed by atoms with E-state index in [-0.39, 0.29) is 5.91 Å². The Morgan fingerprint density at radius 1 is 1.47 bits per heavy atom. The van der Waals surface area contributed by atoms with E-state index in [1.165, 1.54) is 12.8 Å². The van der Waals surface area contributed by atoms with E-state index in [0.29, 0.717) is 11.7 Å². The first-order valence-corrected chi connectivity index (χ1v) is 6.80. The van der Waals surface area contributed by atoms with E-state index in [2.05, 4.69) is 22.2 Å². The molecule has 2 aromatic rings. The Bertz CT molecular complexity index is 557. The smallest absolute Gasteiger partial charge is 0.267 e. The molecule has 2 N–H and O–H groups in total. The summed E-state index contributed by atoms with van der Waals surface area (Å²) in [6.07, 6.45) is 2.40. The third-order valence-electron chi connectivity index (χ3n) is 3.94. The Morgan fingerprint density at radius 3 is 3.05 bits per heavy atom. The van der Waals surface area contributed by atoms with Crippen molar-refractivity contribution in [2.45, 2.75) is 18.9 Å². The largest absolute Gasteiger partial charge is 0.351 e. The summed E-state index contributed by atoms with van der Waals surface area (Å²) in [7, 11) is 2.12. The summed E-state index contributed by atoms with van der Waals surface area (Å²) in [6, 6.07) is 10.3. The highest BCUT2D eigenvalue weighted by Crippen LogP contribution is 2.16. The molecule has 1 unspecified atom stereocenters. The Morgan fingerprint density at radius 2 is 2.32 bits per heavy atom. The van der Waals surface area contributed by atoms with E-state index in [1.54, 1.807) is 0 Å². The summed E-state index contributed by atoms with van der Waals surface area (Å²) in [5.74, 6) is -0.0171. The van der Waals surface area contributed by atoms with Crippen molar-refractivity contribution in [1.29, 1.82) is 0 Å². The first-order valence-electron chi connectivity index (χ1n) is 6.80. The monoisotopic (exact) mass is 257 g/mol. The SMILES string of the molecule is CN1CCCC1CNC(=O)c1cc2ccccc2[nH]1. The average Bonchev–Trinajstić information content (AvgIpc) is 3.01. The molecule has 1 fully saturated rings. The van der Waals surface area contributed by atoms with E-state index < -0.39 is 0 Å². The fourth-order valence-corrected chi connectivity index (χ4v) is 2.74. The van der Waals surface area contributed by atoms with E-state index in [4.69, 9.17) is 0 Å². The second kappa shape index (κ2) is 5.05. The molecule has 3 rings (SSSR count). The minimum Gasteiger partial charge on any atom is -0.351 e. The zero-order valence-corrected chi connectivity index (χ0v) is 11.1. The lowest BCUT2D eigenvalue weighted by molar-refractivity contribution is 0.0939. The number of carbonyl (C=O) groups is 1. The van der Waals surface area contributed by atoms with Gasteiger partial charge in [-0.1, -0.05) is 18.2 Å². The number of likely N-dealkylation sites (tertiary alicyclic amines) is 1. The Hall–Kier alpha value is -1.81. The van der Waals surface area contributed by atoms with Gasteiger partial charge in [0.1, 0.15) is 5.69 Å². The maximum Gasteiger partial charge on any atom is 0.267 e. The number of amides is 1. The quantitative estimate of drug-likeness (QED) is 0.883. The van der Waals surface area contributed by atoms with Crippen LogP contribution in [0.15, 0.2) is 30.3 Å². The summed E-state index contributed by atoms with van der Waals surface area (Å²) in [5.41, 5.74) is 1.65. The second-order valence-electron chi connectivity index (χ2n) is 5.26. The average molecular weight is 257 g/mol. The van der Waals surface area contributed by atoms with Crippen molar-refractivity contribution in [2.24, 2.45) is 0 Å². The molecule has 1 aromatic heterocycles. The summed E-state index contributed by atoms with van der Waals surface area (Å²) < 4.78 is 0. The van der Waals surface area contributed by atoms with Crippen LogP contribution in [-0.2, 0) is 0 Å². The predicted molar refractivity (Wildman–Crippen MR) is 76.3 cm³/mol. The number of nitrogens with one attached hydrogen (secondary N) is 2. The van der Waals surface area contributed by atoms with Crippen molar-refractivity contribution in [3.8, 4) is 0 Å². The minimum atomic E-state index is -0.0171. The normalized spacial score (nSPS) is 19.9. The number of rotatable bonds is 3. The van der Waals surface area contributed by atoms with E-state index in [0.717, 1.165) is 24.0 Å². The third-order valence-corrected chi connectivity index (χ3v) is 3.94. The van der Waals surface area contributed by atoms with Crippen molar-refractivity contribution in [3.05, 3.63) is 36.0 Å². The number of carbonyl (C=O) groups excluding carboxylic acids is 1. The van der Waals surface area contributed by atoms with Gasteiger partial charge in [0, 0.05) is 23.5 Å². The fourth-order valence-electron chi connectivity index (χ4n) is 2.74. The molecule has 1 aliphatic rings. The standard InChI is InChI=1S/C15H19N3O/c1-18-8-4-6-12(18)10-16-15(19)14-9-11-5-2-3-7-13(11)17-14/h2-3,5,7,9,12,17H,4,6,8,10H2,1H3,(H,16,19).